The second kappa shape index (κ2) is 6.86. The predicted molar refractivity (Wildman–Crippen MR) is 76.7 cm³/mol. The molecule has 1 aromatic heterocycles. The van der Waals surface area contributed by atoms with Gasteiger partial charge in [0.15, 0.2) is 0 Å². The molecule has 20 heavy (non-hydrogen) atoms. The fraction of sp³-hybridized carbons (Fsp3) is 0.333. The summed E-state index contributed by atoms with van der Waals surface area (Å²) in [6.07, 6.45) is 5.09. The summed E-state index contributed by atoms with van der Waals surface area (Å²) < 4.78 is 1.78. The summed E-state index contributed by atoms with van der Waals surface area (Å²) in [6.45, 7) is 2.52. The molecule has 106 valence electrons. The Hall–Kier alpha value is -2.14. The number of carbonyl (C=O) groups is 1. The van der Waals surface area contributed by atoms with E-state index in [0.29, 0.717) is 13.0 Å². The third-order valence-electron chi connectivity index (χ3n) is 3.11. The molecule has 1 atom stereocenters. The maximum Gasteiger partial charge on any atom is 0.320 e. The molecule has 0 fully saturated rings. The summed E-state index contributed by atoms with van der Waals surface area (Å²) in [4.78, 5) is 11.1. The van der Waals surface area contributed by atoms with E-state index in [9.17, 15) is 4.79 Å². The van der Waals surface area contributed by atoms with Gasteiger partial charge < -0.3 is 10.4 Å². The van der Waals surface area contributed by atoms with E-state index in [-0.39, 0.29) is 0 Å². The van der Waals surface area contributed by atoms with Crippen LogP contribution in [-0.2, 0) is 11.3 Å². The van der Waals surface area contributed by atoms with Gasteiger partial charge in [-0.1, -0.05) is 25.5 Å². The van der Waals surface area contributed by atoms with Crippen molar-refractivity contribution >= 4 is 5.97 Å². The number of carboxylic acid groups (broad SMARTS) is 1. The summed E-state index contributed by atoms with van der Waals surface area (Å²) in [7, 11) is 0. The quantitative estimate of drug-likeness (QED) is 0.811. The number of carboxylic acids is 1. The molecule has 2 N–H and O–H groups in total. The Kier molecular flexibility index (Phi) is 4.90. The molecule has 0 aliphatic heterocycles. The lowest BCUT2D eigenvalue weighted by Gasteiger charge is -2.14. The lowest BCUT2D eigenvalue weighted by molar-refractivity contribution is -0.139. The van der Waals surface area contributed by atoms with Crippen LogP contribution in [0, 0.1) is 0 Å². The van der Waals surface area contributed by atoms with Gasteiger partial charge in [-0.2, -0.15) is 5.10 Å². The van der Waals surface area contributed by atoms with Crippen molar-refractivity contribution in [1.29, 1.82) is 0 Å². The minimum atomic E-state index is -0.796. The molecule has 2 aromatic rings. The molecule has 0 saturated heterocycles. The maximum absolute atomic E-state index is 11.1. The number of hydrogen-bond donors (Lipinski definition) is 2. The van der Waals surface area contributed by atoms with Crippen molar-refractivity contribution in [2.45, 2.75) is 32.4 Å². The fourth-order valence-corrected chi connectivity index (χ4v) is 2.07. The third kappa shape index (κ3) is 3.68. The van der Waals surface area contributed by atoms with Crippen LogP contribution in [0.5, 0.6) is 0 Å². The van der Waals surface area contributed by atoms with Crippen LogP contribution in [0.4, 0.5) is 0 Å². The molecule has 1 heterocycles. The minimum absolute atomic E-state index is 0.492. The smallest absolute Gasteiger partial charge is 0.320 e. The Morgan fingerprint density at radius 2 is 2.30 bits per heavy atom. The largest absolute Gasteiger partial charge is 0.480 e. The van der Waals surface area contributed by atoms with Crippen LogP contribution in [0.1, 0.15) is 25.3 Å². The first-order valence-corrected chi connectivity index (χ1v) is 6.76. The van der Waals surface area contributed by atoms with Crippen LogP contribution in [0.15, 0.2) is 42.7 Å². The zero-order chi connectivity index (χ0) is 14.4. The highest BCUT2D eigenvalue weighted by Gasteiger charge is 2.15. The molecule has 0 saturated carbocycles. The number of aliphatic carboxylic acids is 1. The second-order valence-corrected chi connectivity index (χ2v) is 4.68. The van der Waals surface area contributed by atoms with Crippen molar-refractivity contribution in [2.75, 3.05) is 0 Å². The Morgan fingerprint density at radius 3 is 2.95 bits per heavy atom. The number of nitrogens with zero attached hydrogens (tertiary/aromatic N) is 2. The average molecular weight is 273 g/mol. The molecule has 0 radical (unpaired) electrons. The van der Waals surface area contributed by atoms with Crippen LogP contribution in [-0.4, -0.2) is 26.9 Å². The Labute approximate surface area is 118 Å². The highest BCUT2D eigenvalue weighted by atomic mass is 16.4. The van der Waals surface area contributed by atoms with Gasteiger partial charge in [-0.15, -0.1) is 0 Å². The maximum atomic E-state index is 11.1. The summed E-state index contributed by atoms with van der Waals surface area (Å²) in [5, 5.41) is 16.4. The highest BCUT2D eigenvalue weighted by Crippen LogP contribution is 2.10. The van der Waals surface area contributed by atoms with Gasteiger partial charge in [0.05, 0.1) is 5.69 Å². The summed E-state index contributed by atoms with van der Waals surface area (Å²) >= 11 is 0. The van der Waals surface area contributed by atoms with Gasteiger partial charge in [-0.3, -0.25) is 4.79 Å². The predicted octanol–water partition coefficient (Wildman–Crippen LogP) is 2.22. The van der Waals surface area contributed by atoms with Gasteiger partial charge in [0.2, 0.25) is 0 Å². The van der Waals surface area contributed by atoms with Gasteiger partial charge in [-0.05, 0) is 30.2 Å². The highest BCUT2D eigenvalue weighted by molar-refractivity contribution is 5.73. The van der Waals surface area contributed by atoms with E-state index in [1.54, 1.807) is 10.9 Å². The molecule has 1 unspecified atom stereocenters. The van der Waals surface area contributed by atoms with E-state index < -0.39 is 12.0 Å². The van der Waals surface area contributed by atoms with Crippen LogP contribution >= 0.6 is 0 Å². The molecule has 0 bridgehead atoms. The zero-order valence-corrected chi connectivity index (χ0v) is 11.5. The van der Waals surface area contributed by atoms with E-state index >= 15 is 0 Å². The number of benzene rings is 1. The lowest BCUT2D eigenvalue weighted by atomic mass is 10.1. The van der Waals surface area contributed by atoms with Crippen molar-refractivity contribution in [3.63, 3.8) is 0 Å². The van der Waals surface area contributed by atoms with Gasteiger partial charge >= 0.3 is 5.97 Å². The van der Waals surface area contributed by atoms with Gasteiger partial charge in [0, 0.05) is 18.9 Å². The topological polar surface area (TPSA) is 67.2 Å². The van der Waals surface area contributed by atoms with Gasteiger partial charge in [0.25, 0.3) is 0 Å². The first kappa shape index (κ1) is 14.3. The van der Waals surface area contributed by atoms with Crippen LogP contribution < -0.4 is 5.32 Å². The Bertz CT molecular complexity index is 552. The fourth-order valence-electron chi connectivity index (χ4n) is 2.07. The van der Waals surface area contributed by atoms with Crippen LogP contribution in [0.2, 0.25) is 0 Å². The number of aromatic nitrogens is 2. The average Bonchev–Trinajstić information content (AvgIpc) is 2.97. The van der Waals surface area contributed by atoms with Crippen molar-refractivity contribution in [3.8, 4) is 5.69 Å². The SMILES string of the molecule is CCCC(NCc1cccc(-n2cccn2)c1)C(=O)O. The number of nitrogens with one attached hydrogen (secondary N) is 1. The lowest BCUT2D eigenvalue weighted by Crippen LogP contribution is -2.36. The normalized spacial score (nSPS) is 12.2. The Morgan fingerprint density at radius 1 is 1.45 bits per heavy atom. The summed E-state index contributed by atoms with van der Waals surface area (Å²) in [5.41, 5.74) is 2.01. The molecule has 1 aromatic carbocycles. The van der Waals surface area contributed by atoms with E-state index in [2.05, 4.69) is 10.4 Å². The Balaban J connectivity index is 2.03. The first-order valence-electron chi connectivity index (χ1n) is 6.76. The van der Waals surface area contributed by atoms with Crippen molar-refractivity contribution in [1.82, 2.24) is 15.1 Å². The van der Waals surface area contributed by atoms with Crippen molar-refractivity contribution in [2.24, 2.45) is 0 Å². The molecule has 5 nitrogen and oxygen atoms in total. The summed E-state index contributed by atoms with van der Waals surface area (Å²) in [5.74, 6) is -0.796. The van der Waals surface area contributed by atoms with E-state index in [4.69, 9.17) is 5.11 Å². The van der Waals surface area contributed by atoms with E-state index in [1.165, 1.54) is 0 Å². The van der Waals surface area contributed by atoms with Gasteiger partial charge in [-0.25, -0.2) is 4.68 Å². The third-order valence-corrected chi connectivity index (χ3v) is 3.11. The molecule has 0 aliphatic rings. The van der Waals surface area contributed by atoms with Gasteiger partial charge in [0.1, 0.15) is 6.04 Å². The standard InChI is InChI=1S/C15H19N3O2/c1-2-5-14(15(19)20)16-11-12-6-3-7-13(10-12)18-9-4-8-17-18/h3-4,6-10,14,16H,2,5,11H2,1H3,(H,19,20). The molecule has 0 spiro atoms. The molecule has 0 aliphatic carbocycles. The van der Waals surface area contributed by atoms with E-state index in [0.717, 1.165) is 17.7 Å². The first-order chi connectivity index (χ1) is 9.70. The van der Waals surface area contributed by atoms with E-state index in [1.807, 2.05) is 43.5 Å². The number of hydrogen-bond acceptors (Lipinski definition) is 3. The molecular formula is C15H19N3O2. The number of rotatable bonds is 7. The molecular weight excluding hydrogens is 254 g/mol. The monoisotopic (exact) mass is 273 g/mol. The zero-order valence-electron chi connectivity index (χ0n) is 11.5. The molecule has 2 rings (SSSR count). The summed E-state index contributed by atoms with van der Waals surface area (Å²) in [6, 6.07) is 9.27. The van der Waals surface area contributed by atoms with Crippen molar-refractivity contribution < 1.29 is 9.90 Å². The second-order valence-electron chi connectivity index (χ2n) is 4.68. The van der Waals surface area contributed by atoms with Crippen LogP contribution in [0.3, 0.4) is 0 Å². The van der Waals surface area contributed by atoms with Crippen LogP contribution in [0.25, 0.3) is 5.69 Å². The minimum Gasteiger partial charge on any atom is -0.480 e. The van der Waals surface area contributed by atoms with Crippen molar-refractivity contribution in [3.05, 3.63) is 48.3 Å². The molecule has 5 heteroatoms. The molecule has 0 amide bonds.